The third-order valence-corrected chi connectivity index (χ3v) is 4.02. The molecule has 0 aliphatic heterocycles. The van der Waals surface area contributed by atoms with E-state index < -0.39 is 0 Å². The molecule has 6 nitrogen and oxygen atoms in total. The Morgan fingerprint density at radius 2 is 1.36 bits per heavy atom. The molecule has 150 valence electrons. The summed E-state index contributed by atoms with van der Waals surface area (Å²) in [5, 5.41) is 0. The maximum atomic E-state index is 11.8. The molecule has 2 rings (SSSR count). The Labute approximate surface area is 165 Å². The van der Waals surface area contributed by atoms with E-state index in [1.165, 1.54) is 7.11 Å². The predicted octanol–water partition coefficient (Wildman–Crippen LogP) is 4.60. The molecule has 0 bridgehead atoms. The molecule has 0 aromatic heterocycles. The number of esters is 1. The molecule has 6 heteroatoms. The first-order chi connectivity index (χ1) is 13.6. The molecule has 2 aromatic rings. The van der Waals surface area contributed by atoms with Gasteiger partial charge in [0.1, 0.15) is 0 Å². The van der Waals surface area contributed by atoms with E-state index in [4.69, 9.17) is 23.7 Å². The topological polar surface area (TPSA) is 63.2 Å². The van der Waals surface area contributed by atoms with E-state index in [2.05, 4.69) is 0 Å². The number of methoxy groups -OCH3 is 4. The van der Waals surface area contributed by atoms with Crippen LogP contribution in [0.2, 0.25) is 0 Å². The highest BCUT2D eigenvalue weighted by Gasteiger charge is 2.13. The minimum absolute atomic E-state index is 0.286. The van der Waals surface area contributed by atoms with Crippen molar-refractivity contribution >= 4 is 18.1 Å². The summed E-state index contributed by atoms with van der Waals surface area (Å²) >= 11 is 0. The molecule has 0 radical (unpaired) electrons. The second-order valence-corrected chi connectivity index (χ2v) is 5.93. The molecular weight excluding hydrogens is 360 g/mol. The number of carbonyl (C=O) groups excluding carboxylic acids is 1. The van der Waals surface area contributed by atoms with Crippen LogP contribution in [0.5, 0.6) is 28.7 Å². The van der Waals surface area contributed by atoms with E-state index in [9.17, 15) is 4.79 Å². The number of benzene rings is 2. The minimum atomic E-state index is -0.286. The molecular formula is C22H26O6. The summed E-state index contributed by atoms with van der Waals surface area (Å²) in [5.41, 5.74) is 1.73. The fourth-order valence-corrected chi connectivity index (χ4v) is 2.64. The maximum absolute atomic E-state index is 11.8. The van der Waals surface area contributed by atoms with Gasteiger partial charge in [0.25, 0.3) is 0 Å². The first kappa shape index (κ1) is 21.2. The van der Waals surface area contributed by atoms with Crippen molar-refractivity contribution in [1.29, 1.82) is 0 Å². The standard InChI is InChI=1S/C22H26O6/c1-6-7-21(23)28-18-12-15(10-11-17(18)24-2)8-9-16-13-19(25-3)22(27-5)20(14-16)26-4/h8-14H,6-7H2,1-5H3/b9-8-. The van der Waals surface area contributed by atoms with Crippen LogP contribution in [0.15, 0.2) is 30.3 Å². The molecule has 0 saturated heterocycles. The van der Waals surface area contributed by atoms with Gasteiger partial charge in [-0.3, -0.25) is 4.79 Å². The van der Waals surface area contributed by atoms with Crippen LogP contribution in [0.3, 0.4) is 0 Å². The van der Waals surface area contributed by atoms with Crippen molar-refractivity contribution in [3.63, 3.8) is 0 Å². The molecule has 0 N–H and O–H groups in total. The zero-order valence-electron chi connectivity index (χ0n) is 16.9. The van der Waals surface area contributed by atoms with Crippen molar-refractivity contribution in [2.45, 2.75) is 19.8 Å². The lowest BCUT2D eigenvalue weighted by Crippen LogP contribution is -2.07. The molecule has 0 fully saturated rings. The predicted molar refractivity (Wildman–Crippen MR) is 109 cm³/mol. The Balaban J connectivity index is 2.32. The van der Waals surface area contributed by atoms with Crippen LogP contribution in [0.4, 0.5) is 0 Å². The van der Waals surface area contributed by atoms with Crippen LogP contribution in [-0.4, -0.2) is 34.4 Å². The van der Waals surface area contributed by atoms with Gasteiger partial charge >= 0.3 is 5.97 Å². The summed E-state index contributed by atoms with van der Waals surface area (Å²) in [4.78, 5) is 11.8. The molecule has 0 unspecified atom stereocenters. The Hall–Kier alpha value is -3.15. The Morgan fingerprint density at radius 3 is 1.89 bits per heavy atom. The number of hydrogen-bond donors (Lipinski definition) is 0. The number of ether oxygens (including phenoxy) is 5. The fourth-order valence-electron chi connectivity index (χ4n) is 2.64. The first-order valence-electron chi connectivity index (χ1n) is 8.93. The highest BCUT2D eigenvalue weighted by molar-refractivity contribution is 5.76. The monoisotopic (exact) mass is 386 g/mol. The van der Waals surface area contributed by atoms with Crippen molar-refractivity contribution < 1.29 is 28.5 Å². The average molecular weight is 386 g/mol. The Morgan fingerprint density at radius 1 is 0.786 bits per heavy atom. The quantitative estimate of drug-likeness (QED) is 0.357. The summed E-state index contributed by atoms with van der Waals surface area (Å²) in [6.07, 6.45) is 4.89. The van der Waals surface area contributed by atoms with Gasteiger partial charge in [-0.25, -0.2) is 0 Å². The van der Waals surface area contributed by atoms with Gasteiger partial charge in [-0.15, -0.1) is 0 Å². The largest absolute Gasteiger partial charge is 0.493 e. The van der Waals surface area contributed by atoms with Gasteiger partial charge in [0.05, 0.1) is 28.4 Å². The van der Waals surface area contributed by atoms with Crippen molar-refractivity contribution in [3.8, 4) is 28.7 Å². The van der Waals surface area contributed by atoms with Crippen molar-refractivity contribution in [1.82, 2.24) is 0 Å². The zero-order valence-corrected chi connectivity index (χ0v) is 16.9. The van der Waals surface area contributed by atoms with Crippen LogP contribution in [0.1, 0.15) is 30.9 Å². The third-order valence-electron chi connectivity index (χ3n) is 4.02. The zero-order chi connectivity index (χ0) is 20.5. The summed E-state index contributed by atoms with van der Waals surface area (Å²) in [6.45, 7) is 1.93. The second kappa shape index (κ2) is 10.3. The van der Waals surface area contributed by atoms with E-state index in [-0.39, 0.29) is 5.97 Å². The second-order valence-electron chi connectivity index (χ2n) is 5.93. The highest BCUT2D eigenvalue weighted by Crippen LogP contribution is 2.38. The van der Waals surface area contributed by atoms with E-state index >= 15 is 0 Å². The van der Waals surface area contributed by atoms with Crippen molar-refractivity contribution in [2.24, 2.45) is 0 Å². The van der Waals surface area contributed by atoms with Gasteiger partial charge in [0, 0.05) is 6.42 Å². The minimum Gasteiger partial charge on any atom is -0.493 e. The Kier molecular flexibility index (Phi) is 7.75. The van der Waals surface area contributed by atoms with E-state index in [0.717, 1.165) is 17.5 Å². The van der Waals surface area contributed by atoms with Crippen LogP contribution < -0.4 is 23.7 Å². The number of rotatable bonds is 9. The van der Waals surface area contributed by atoms with Crippen molar-refractivity contribution in [2.75, 3.05) is 28.4 Å². The normalized spacial score (nSPS) is 10.6. The smallest absolute Gasteiger partial charge is 0.311 e. The molecule has 28 heavy (non-hydrogen) atoms. The lowest BCUT2D eigenvalue weighted by molar-refractivity contribution is -0.134. The van der Waals surface area contributed by atoms with E-state index in [1.807, 2.05) is 37.3 Å². The van der Waals surface area contributed by atoms with Gasteiger partial charge in [0.2, 0.25) is 5.75 Å². The lowest BCUT2D eigenvalue weighted by atomic mass is 10.1. The number of hydrogen-bond acceptors (Lipinski definition) is 6. The van der Waals surface area contributed by atoms with Crippen LogP contribution in [-0.2, 0) is 4.79 Å². The third kappa shape index (κ3) is 5.19. The highest BCUT2D eigenvalue weighted by atomic mass is 16.6. The summed E-state index contributed by atoms with van der Waals surface area (Å²) < 4.78 is 26.8. The molecule has 0 spiro atoms. The molecule has 0 aliphatic rings. The molecule has 0 atom stereocenters. The Bertz CT molecular complexity index is 816. The van der Waals surface area contributed by atoms with Gasteiger partial charge < -0.3 is 23.7 Å². The maximum Gasteiger partial charge on any atom is 0.311 e. The molecule has 0 saturated carbocycles. The van der Waals surface area contributed by atoms with Crippen LogP contribution in [0.25, 0.3) is 12.2 Å². The SMILES string of the molecule is CCCC(=O)Oc1cc(/C=C\c2cc(OC)c(OC)c(OC)c2)ccc1OC. The van der Waals surface area contributed by atoms with Gasteiger partial charge in [-0.1, -0.05) is 25.1 Å². The molecule has 0 aliphatic carbocycles. The number of carbonyl (C=O) groups is 1. The van der Waals surface area contributed by atoms with E-state index in [0.29, 0.717) is 35.2 Å². The average Bonchev–Trinajstić information content (AvgIpc) is 2.71. The summed E-state index contributed by atoms with van der Waals surface area (Å²) in [6, 6.07) is 9.11. The van der Waals surface area contributed by atoms with Gasteiger partial charge in [-0.05, 0) is 41.8 Å². The van der Waals surface area contributed by atoms with Crippen molar-refractivity contribution in [3.05, 3.63) is 41.5 Å². The van der Waals surface area contributed by atoms with Gasteiger partial charge in [-0.2, -0.15) is 0 Å². The summed E-state index contributed by atoms with van der Waals surface area (Å²) in [5.74, 6) is 2.31. The van der Waals surface area contributed by atoms with Gasteiger partial charge in [0.15, 0.2) is 23.0 Å². The molecule has 0 amide bonds. The fraction of sp³-hybridized carbons (Fsp3) is 0.318. The molecule has 0 heterocycles. The lowest BCUT2D eigenvalue weighted by Gasteiger charge is -2.13. The summed E-state index contributed by atoms with van der Waals surface area (Å²) in [7, 11) is 6.25. The van der Waals surface area contributed by atoms with Crippen LogP contribution >= 0.6 is 0 Å². The first-order valence-corrected chi connectivity index (χ1v) is 8.93. The van der Waals surface area contributed by atoms with E-state index in [1.54, 1.807) is 33.5 Å². The molecule has 2 aromatic carbocycles. The van der Waals surface area contributed by atoms with Crippen LogP contribution in [0, 0.1) is 0 Å².